The van der Waals surface area contributed by atoms with Crippen LogP contribution in [0.5, 0.6) is 0 Å². The Hall–Kier alpha value is 2.59. The molecule has 4 heteroatoms. The largest absolute Gasteiger partial charge is 0 e. The summed E-state index contributed by atoms with van der Waals surface area (Å²) in [6.07, 6.45) is 0. The summed E-state index contributed by atoms with van der Waals surface area (Å²) in [7, 11) is 0. The SMILES string of the molecule is [H-].[K+].[O]=[Cr].[Zn]. The van der Waals surface area contributed by atoms with E-state index in [9.17, 15) is 0 Å². The topological polar surface area (TPSA) is 17.1 Å². The van der Waals surface area contributed by atoms with E-state index in [0.717, 1.165) is 0 Å². The Kier molecular flexibility index (Phi) is 70.1. The predicted molar refractivity (Wildman–Crippen MR) is 1.80 cm³/mol. The molecule has 0 saturated heterocycles. The van der Waals surface area contributed by atoms with Crippen LogP contribution in [0.1, 0.15) is 1.43 Å². The maximum Gasteiger partial charge on any atom is 0 e. The average molecular weight is 173 g/mol. The Morgan fingerprint density at radius 3 is 1.50 bits per heavy atom. The molecule has 0 spiro atoms. The second-order valence-electron chi connectivity index (χ2n) is 0. The quantitative estimate of drug-likeness (QED) is 0.357. The van der Waals surface area contributed by atoms with E-state index < -0.39 is 0 Å². The molecule has 4 heavy (non-hydrogen) atoms. The van der Waals surface area contributed by atoms with Gasteiger partial charge in [-0.3, -0.25) is 0 Å². The summed E-state index contributed by atoms with van der Waals surface area (Å²) >= 11 is 1.38. The van der Waals surface area contributed by atoms with Gasteiger partial charge in [-0.1, -0.05) is 0 Å². The van der Waals surface area contributed by atoms with E-state index in [1.165, 1.54) is 16.2 Å². The van der Waals surface area contributed by atoms with Crippen molar-refractivity contribution in [3.05, 3.63) is 0 Å². The van der Waals surface area contributed by atoms with Crippen LogP contribution in [-0.2, 0) is 39.5 Å². The van der Waals surface area contributed by atoms with Crippen LogP contribution in [0.15, 0.2) is 0 Å². The minimum absolute atomic E-state index is 0. The first kappa shape index (κ1) is 16.0. The predicted octanol–water partition coefficient (Wildman–Crippen LogP) is -3.01. The first-order valence-corrected chi connectivity index (χ1v) is 0.687. The average Bonchev–Trinajstić information content (AvgIpc) is 1.00. The molecule has 0 atom stereocenters. The Bertz CT molecular complexity index is 11.6. The molecule has 0 aliphatic heterocycles. The van der Waals surface area contributed by atoms with Crippen LogP contribution >= 0.6 is 0 Å². The third-order valence-electron chi connectivity index (χ3n) is 0. The van der Waals surface area contributed by atoms with Gasteiger partial charge in [0.2, 0.25) is 0 Å². The van der Waals surface area contributed by atoms with Crippen LogP contribution < -0.4 is 51.4 Å². The molecule has 0 aliphatic carbocycles. The monoisotopic (exact) mass is 172 g/mol. The van der Waals surface area contributed by atoms with E-state index >= 15 is 0 Å². The Morgan fingerprint density at radius 2 is 1.50 bits per heavy atom. The van der Waals surface area contributed by atoms with Gasteiger partial charge in [0.05, 0.1) is 0 Å². The molecule has 0 bridgehead atoms. The van der Waals surface area contributed by atoms with Crippen molar-refractivity contribution < 1.29 is 92.3 Å². The summed E-state index contributed by atoms with van der Waals surface area (Å²) in [5.74, 6) is 0. The molecule has 0 amide bonds. The molecule has 0 radical (unpaired) electrons. The van der Waals surface area contributed by atoms with Gasteiger partial charge >= 0.3 is 71.4 Å². The van der Waals surface area contributed by atoms with Crippen LogP contribution in [0.4, 0.5) is 0 Å². The maximum atomic E-state index is 8.12. The van der Waals surface area contributed by atoms with Crippen LogP contribution in [-0.4, -0.2) is 0 Å². The fourth-order valence-electron chi connectivity index (χ4n) is 0. The van der Waals surface area contributed by atoms with Crippen LogP contribution in [0.25, 0.3) is 0 Å². The van der Waals surface area contributed by atoms with Gasteiger partial charge in [0.25, 0.3) is 0 Å². The first-order chi connectivity index (χ1) is 1.00. The standard InChI is InChI=1S/Cr.K.O.Zn.H/q;+1;;;-1. The fraction of sp³-hybridized carbons (Fsp3) is 0. The van der Waals surface area contributed by atoms with Crippen molar-refractivity contribution in [2.45, 2.75) is 0 Å². The molecule has 0 rings (SSSR count). The summed E-state index contributed by atoms with van der Waals surface area (Å²) in [5.41, 5.74) is 0. The van der Waals surface area contributed by atoms with Crippen molar-refractivity contribution >= 4 is 0 Å². The molecule has 0 unspecified atom stereocenters. The number of rotatable bonds is 0. The molecule has 1 nitrogen and oxygen atoms in total. The molecule has 0 N–H and O–H groups in total. The molecule has 0 aromatic carbocycles. The Morgan fingerprint density at radius 1 is 1.50 bits per heavy atom. The van der Waals surface area contributed by atoms with Crippen LogP contribution in [0.3, 0.4) is 0 Å². The molecule has 0 saturated carbocycles. The van der Waals surface area contributed by atoms with E-state index in [-0.39, 0.29) is 72.3 Å². The number of hydrogen-bond donors (Lipinski definition) is 0. The summed E-state index contributed by atoms with van der Waals surface area (Å²) in [6.45, 7) is 0. The molecular formula is HCrKOZn. The van der Waals surface area contributed by atoms with E-state index in [2.05, 4.69) is 0 Å². The van der Waals surface area contributed by atoms with E-state index in [0.29, 0.717) is 0 Å². The van der Waals surface area contributed by atoms with Crippen molar-refractivity contribution in [2.24, 2.45) is 0 Å². The summed E-state index contributed by atoms with van der Waals surface area (Å²) in [4.78, 5) is 0. The minimum Gasteiger partial charge on any atom is 0 e. The van der Waals surface area contributed by atoms with Gasteiger partial charge in [-0.2, -0.15) is 0 Å². The van der Waals surface area contributed by atoms with Crippen LogP contribution in [0.2, 0.25) is 0 Å². The van der Waals surface area contributed by atoms with Gasteiger partial charge in [0, 0.05) is 19.5 Å². The van der Waals surface area contributed by atoms with E-state index in [1.54, 1.807) is 0 Å². The van der Waals surface area contributed by atoms with Crippen molar-refractivity contribution in [2.75, 3.05) is 0 Å². The van der Waals surface area contributed by atoms with E-state index in [4.69, 9.17) is 3.80 Å². The van der Waals surface area contributed by atoms with Gasteiger partial charge in [-0.15, -0.1) is 0 Å². The Labute approximate surface area is 90.2 Å². The van der Waals surface area contributed by atoms with Gasteiger partial charge in [0.1, 0.15) is 0 Å². The number of hydrogen-bond acceptors (Lipinski definition) is 1. The molecule has 0 fully saturated rings. The molecule has 0 aromatic rings. The minimum atomic E-state index is 0. The van der Waals surface area contributed by atoms with E-state index in [1.807, 2.05) is 0 Å². The summed E-state index contributed by atoms with van der Waals surface area (Å²) in [5, 5.41) is 0. The second kappa shape index (κ2) is 17.6. The zero-order valence-corrected chi connectivity index (χ0v) is 9.89. The molecular weight excluding hydrogens is 172 g/mol. The maximum absolute atomic E-state index is 8.12. The zero-order valence-electron chi connectivity index (χ0n) is 3.52. The summed E-state index contributed by atoms with van der Waals surface area (Å²) < 4.78 is 8.12. The van der Waals surface area contributed by atoms with Gasteiger partial charge in [-0.25, -0.2) is 0 Å². The fourth-order valence-corrected chi connectivity index (χ4v) is 0. The van der Waals surface area contributed by atoms with Crippen molar-refractivity contribution in [1.29, 1.82) is 0 Å². The van der Waals surface area contributed by atoms with Crippen molar-refractivity contribution in [3.8, 4) is 0 Å². The van der Waals surface area contributed by atoms with Crippen molar-refractivity contribution in [3.63, 3.8) is 0 Å². The van der Waals surface area contributed by atoms with Gasteiger partial charge in [0.15, 0.2) is 0 Å². The third-order valence-corrected chi connectivity index (χ3v) is 0. The van der Waals surface area contributed by atoms with Crippen molar-refractivity contribution in [1.82, 2.24) is 0 Å². The van der Waals surface area contributed by atoms with Crippen LogP contribution in [0, 0.1) is 0 Å². The van der Waals surface area contributed by atoms with Gasteiger partial charge < -0.3 is 1.43 Å². The summed E-state index contributed by atoms with van der Waals surface area (Å²) in [6, 6.07) is 0. The smallest absolute Gasteiger partial charge is 0 e. The molecule has 0 aromatic heterocycles. The first-order valence-electron chi connectivity index (χ1n) is 0.167. The zero-order chi connectivity index (χ0) is 2.00. The third kappa shape index (κ3) is 8.82. The molecule has 16 valence electrons. The molecule has 0 heterocycles. The van der Waals surface area contributed by atoms with Gasteiger partial charge in [-0.05, 0) is 0 Å². The molecule has 0 aliphatic rings. The second-order valence-corrected chi connectivity index (χ2v) is 0. The normalized spacial score (nSPS) is 1.00. The Balaban J connectivity index is -0.00000000167.